The van der Waals surface area contributed by atoms with E-state index in [2.05, 4.69) is 9.97 Å². The van der Waals surface area contributed by atoms with Crippen LogP contribution in [0.2, 0.25) is 0 Å². The van der Waals surface area contributed by atoms with Gasteiger partial charge in [-0.05, 0) is 31.2 Å². The minimum Gasteiger partial charge on any atom is -0.384 e. The Labute approximate surface area is 92.1 Å². The van der Waals surface area contributed by atoms with E-state index in [9.17, 15) is 4.39 Å². The van der Waals surface area contributed by atoms with Crippen LogP contribution in [0.5, 0.6) is 0 Å². The topological polar surface area (TPSA) is 77.8 Å². The second-order valence-corrected chi connectivity index (χ2v) is 3.44. The molecule has 0 spiro atoms. The standard InChI is InChI=1S/C11H11FN4/c1-6-7(2-4-9(12)15-6)8-3-5-10(13)16-11(8)14/h2-5H,1H3,(H4,13,14,16). The molecule has 4 N–H and O–H groups in total. The van der Waals surface area contributed by atoms with Crippen LogP contribution in [-0.4, -0.2) is 9.97 Å². The third-order valence-electron chi connectivity index (χ3n) is 2.29. The lowest BCUT2D eigenvalue weighted by molar-refractivity contribution is 0.580. The van der Waals surface area contributed by atoms with Gasteiger partial charge >= 0.3 is 0 Å². The van der Waals surface area contributed by atoms with Gasteiger partial charge in [0, 0.05) is 16.8 Å². The Morgan fingerprint density at radius 3 is 2.31 bits per heavy atom. The van der Waals surface area contributed by atoms with Crippen molar-refractivity contribution in [3.63, 3.8) is 0 Å². The van der Waals surface area contributed by atoms with Gasteiger partial charge in [0.25, 0.3) is 0 Å². The van der Waals surface area contributed by atoms with Gasteiger partial charge < -0.3 is 11.5 Å². The summed E-state index contributed by atoms with van der Waals surface area (Å²) in [5, 5.41) is 0. The summed E-state index contributed by atoms with van der Waals surface area (Å²) in [5.41, 5.74) is 13.3. The molecule has 0 amide bonds. The molecule has 4 nitrogen and oxygen atoms in total. The molecule has 0 aliphatic heterocycles. The average molecular weight is 218 g/mol. The molecule has 0 aromatic carbocycles. The summed E-state index contributed by atoms with van der Waals surface area (Å²) >= 11 is 0. The van der Waals surface area contributed by atoms with Gasteiger partial charge in [-0.2, -0.15) is 4.39 Å². The molecule has 0 saturated heterocycles. The summed E-state index contributed by atoms with van der Waals surface area (Å²) in [6, 6.07) is 6.31. The van der Waals surface area contributed by atoms with Gasteiger partial charge in [0.1, 0.15) is 11.6 Å². The van der Waals surface area contributed by atoms with Crippen molar-refractivity contribution in [3.05, 3.63) is 35.9 Å². The van der Waals surface area contributed by atoms with Crippen molar-refractivity contribution in [2.24, 2.45) is 0 Å². The van der Waals surface area contributed by atoms with Gasteiger partial charge in [-0.25, -0.2) is 9.97 Å². The molecule has 2 rings (SSSR count). The second-order valence-electron chi connectivity index (χ2n) is 3.44. The van der Waals surface area contributed by atoms with E-state index < -0.39 is 5.95 Å². The lowest BCUT2D eigenvalue weighted by Gasteiger charge is -2.08. The fourth-order valence-corrected chi connectivity index (χ4v) is 1.53. The van der Waals surface area contributed by atoms with Crippen LogP contribution in [-0.2, 0) is 0 Å². The number of hydrogen-bond acceptors (Lipinski definition) is 4. The first-order chi connectivity index (χ1) is 7.58. The van der Waals surface area contributed by atoms with Gasteiger partial charge in [-0.3, -0.25) is 0 Å². The first-order valence-corrected chi connectivity index (χ1v) is 4.73. The highest BCUT2D eigenvalue weighted by atomic mass is 19.1. The third-order valence-corrected chi connectivity index (χ3v) is 2.29. The zero-order valence-electron chi connectivity index (χ0n) is 8.74. The first-order valence-electron chi connectivity index (χ1n) is 4.73. The van der Waals surface area contributed by atoms with Crippen LogP contribution < -0.4 is 11.5 Å². The maximum atomic E-state index is 12.8. The molecule has 2 aromatic rings. The maximum absolute atomic E-state index is 12.8. The van der Waals surface area contributed by atoms with Crippen LogP contribution in [0.4, 0.5) is 16.0 Å². The number of rotatable bonds is 1. The Morgan fingerprint density at radius 1 is 1.00 bits per heavy atom. The zero-order chi connectivity index (χ0) is 11.7. The molecule has 82 valence electrons. The summed E-state index contributed by atoms with van der Waals surface area (Å²) in [4.78, 5) is 7.68. The van der Waals surface area contributed by atoms with Crippen molar-refractivity contribution in [2.45, 2.75) is 6.92 Å². The predicted octanol–water partition coefficient (Wildman–Crippen LogP) is 1.76. The molecule has 0 aliphatic rings. The van der Waals surface area contributed by atoms with E-state index in [1.165, 1.54) is 6.07 Å². The van der Waals surface area contributed by atoms with Gasteiger partial charge in [0.15, 0.2) is 0 Å². The second kappa shape index (κ2) is 3.77. The molecule has 16 heavy (non-hydrogen) atoms. The largest absolute Gasteiger partial charge is 0.384 e. The Bertz CT molecular complexity index is 490. The van der Waals surface area contributed by atoms with Crippen LogP contribution in [0.3, 0.4) is 0 Å². The summed E-state index contributed by atoms with van der Waals surface area (Å²) in [7, 11) is 0. The van der Waals surface area contributed by atoms with Crippen molar-refractivity contribution < 1.29 is 4.39 Å². The van der Waals surface area contributed by atoms with Crippen LogP contribution in [0, 0.1) is 12.9 Å². The normalized spacial score (nSPS) is 10.4. The minimum absolute atomic E-state index is 0.316. The van der Waals surface area contributed by atoms with E-state index in [0.717, 1.165) is 5.56 Å². The number of aromatic nitrogens is 2. The zero-order valence-corrected chi connectivity index (χ0v) is 8.74. The number of nitrogen functional groups attached to an aromatic ring is 2. The molecule has 2 aromatic heterocycles. The maximum Gasteiger partial charge on any atom is 0.213 e. The van der Waals surface area contributed by atoms with E-state index in [1.54, 1.807) is 25.1 Å². The van der Waals surface area contributed by atoms with E-state index >= 15 is 0 Å². The fourth-order valence-electron chi connectivity index (χ4n) is 1.53. The van der Waals surface area contributed by atoms with Crippen molar-refractivity contribution in [1.29, 1.82) is 0 Å². The Balaban J connectivity index is 2.59. The van der Waals surface area contributed by atoms with Gasteiger partial charge in [0.05, 0.1) is 0 Å². The summed E-state index contributed by atoms with van der Waals surface area (Å²) in [6.07, 6.45) is 0. The third kappa shape index (κ3) is 1.79. The predicted molar refractivity (Wildman–Crippen MR) is 61.0 cm³/mol. The smallest absolute Gasteiger partial charge is 0.213 e. The number of anilines is 2. The number of aryl methyl sites for hydroxylation is 1. The molecular weight excluding hydrogens is 207 g/mol. The highest BCUT2D eigenvalue weighted by Crippen LogP contribution is 2.27. The Morgan fingerprint density at radius 2 is 1.69 bits per heavy atom. The monoisotopic (exact) mass is 218 g/mol. The first kappa shape index (κ1) is 10.4. The lowest BCUT2D eigenvalue weighted by atomic mass is 10.1. The quantitative estimate of drug-likeness (QED) is 0.715. The fraction of sp³-hybridized carbons (Fsp3) is 0.0909. The summed E-state index contributed by atoms with van der Waals surface area (Å²) in [5.74, 6) is 0.161. The lowest BCUT2D eigenvalue weighted by Crippen LogP contribution is -2.00. The average Bonchev–Trinajstić information content (AvgIpc) is 2.19. The Kier molecular flexibility index (Phi) is 2.44. The Hall–Kier alpha value is -2.17. The van der Waals surface area contributed by atoms with Crippen molar-refractivity contribution >= 4 is 11.6 Å². The minimum atomic E-state index is -0.511. The number of pyridine rings is 2. The molecular formula is C11H11FN4. The van der Waals surface area contributed by atoms with Crippen molar-refractivity contribution in [1.82, 2.24) is 9.97 Å². The molecule has 0 bridgehead atoms. The van der Waals surface area contributed by atoms with Gasteiger partial charge in [-0.1, -0.05) is 0 Å². The van der Waals surface area contributed by atoms with E-state index in [1.807, 2.05) is 0 Å². The molecule has 0 aliphatic carbocycles. The summed E-state index contributed by atoms with van der Waals surface area (Å²) in [6.45, 7) is 1.72. The summed E-state index contributed by atoms with van der Waals surface area (Å²) < 4.78 is 12.8. The molecule has 0 unspecified atom stereocenters. The molecule has 0 atom stereocenters. The molecule has 0 fully saturated rings. The van der Waals surface area contributed by atoms with Crippen LogP contribution in [0.1, 0.15) is 5.69 Å². The highest BCUT2D eigenvalue weighted by molar-refractivity contribution is 5.76. The van der Waals surface area contributed by atoms with Gasteiger partial charge in [0.2, 0.25) is 5.95 Å². The molecule has 0 saturated carbocycles. The molecule has 5 heteroatoms. The highest BCUT2D eigenvalue weighted by Gasteiger charge is 2.08. The molecule has 2 heterocycles. The van der Waals surface area contributed by atoms with Crippen molar-refractivity contribution in [3.8, 4) is 11.1 Å². The van der Waals surface area contributed by atoms with Crippen molar-refractivity contribution in [2.75, 3.05) is 11.5 Å². The van der Waals surface area contributed by atoms with E-state index in [0.29, 0.717) is 22.9 Å². The van der Waals surface area contributed by atoms with E-state index in [-0.39, 0.29) is 0 Å². The number of halogens is 1. The molecule has 0 radical (unpaired) electrons. The van der Waals surface area contributed by atoms with Crippen LogP contribution >= 0.6 is 0 Å². The SMILES string of the molecule is Cc1nc(F)ccc1-c1ccc(N)nc1N. The van der Waals surface area contributed by atoms with E-state index in [4.69, 9.17) is 11.5 Å². The number of hydrogen-bond donors (Lipinski definition) is 2. The van der Waals surface area contributed by atoms with Gasteiger partial charge in [-0.15, -0.1) is 0 Å². The van der Waals surface area contributed by atoms with Crippen LogP contribution in [0.25, 0.3) is 11.1 Å². The number of nitrogens with zero attached hydrogens (tertiary/aromatic N) is 2. The van der Waals surface area contributed by atoms with Crippen LogP contribution in [0.15, 0.2) is 24.3 Å². The number of nitrogens with two attached hydrogens (primary N) is 2.